The Balaban J connectivity index is 2.42. The summed E-state index contributed by atoms with van der Waals surface area (Å²) in [5, 5.41) is 3.12. The van der Waals surface area contributed by atoms with Crippen molar-refractivity contribution in [3.05, 3.63) is 40.9 Å². The SMILES string of the molecule is CCNC(=O)COC(=O)/C=C/c1cccc(Cl)c1. The lowest BCUT2D eigenvalue weighted by Crippen LogP contribution is -2.28. The highest BCUT2D eigenvalue weighted by Gasteiger charge is 2.02. The predicted molar refractivity (Wildman–Crippen MR) is 70.1 cm³/mol. The third-order valence-corrected chi connectivity index (χ3v) is 2.22. The van der Waals surface area contributed by atoms with Crippen molar-refractivity contribution in [2.75, 3.05) is 13.2 Å². The van der Waals surface area contributed by atoms with Gasteiger partial charge >= 0.3 is 5.97 Å². The number of amides is 1. The standard InChI is InChI=1S/C13H14ClNO3/c1-2-15-12(16)9-18-13(17)7-6-10-4-3-5-11(14)8-10/h3-8H,2,9H2,1H3,(H,15,16)/b7-6+. The van der Waals surface area contributed by atoms with Crippen LogP contribution in [0.25, 0.3) is 6.08 Å². The molecule has 0 saturated carbocycles. The van der Waals surface area contributed by atoms with Crippen molar-refractivity contribution in [1.29, 1.82) is 0 Å². The van der Waals surface area contributed by atoms with E-state index in [9.17, 15) is 9.59 Å². The Morgan fingerprint density at radius 1 is 1.44 bits per heavy atom. The van der Waals surface area contributed by atoms with E-state index in [0.29, 0.717) is 11.6 Å². The number of carbonyl (C=O) groups excluding carboxylic acids is 2. The first-order valence-corrected chi connectivity index (χ1v) is 5.86. The van der Waals surface area contributed by atoms with E-state index in [1.54, 1.807) is 37.3 Å². The Kier molecular flexibility index (Phi) is 5.94. The Morgan fingerprint density at radius 3 is 2.89 bits per heavy atom. The molecule has 1 amide bonds. The number of hydrogen-bond acceptors (Lipinski definition) is 3. The van der Waals surface area contributed by atoms with Gasteiger partial charge in [-0.1, -0.05) is 23.7 Å². The van der Waals surface area contributed by atoms with Gasteiger partial charge in [0.15, 0.2) is 6.61 Å². The summed E-state index contributed by atoms with van der Waals surface area (Å²) < 4.78 is 4.74. The molecule has 0 radical (unpaired) electrons. The van der Waals surface area contributed by atoms with E-state index in [0.717, 1.165) is 5.56 Å². The van der Waals surface area contributed by atoms with Crippen molar-refractivity contribution >= 4 is 29.6 Å². The number of esters is 1. The van der Waals surface area contributed by atoms with E-state index in [2.05, 4.69) is 5.32 Å². The Morgan fingerprint density at radius 2 is 2.22 bits per heavy atom. The van der Waals surface area contributed by atoms with Crippen LogP contribution < -0.4 is 5.32 Å². The number of hydrogen-bond donors (Lipinski definition) is 1. The largest absolute Gasteiger partial charge is 0.452 e. The molecule has 1 aromatic rings. The normalized spacial score (nSPS) is 10.3. The van der Waals surface area contributed by atoms with Gasteiger partial charge in [-0.3, -0.25) is 4.79 Å². The van der Waals surface area contributed by atoms with Gasteiger partial charge in [0.25, 0.3) is 5.91 Å². The zero-order chi connectivity index (χ0) is 13.4. The van der Waals surface area contributed by atoms with Crippen LogP contribution in [-0.2, 0) is 14.3 Å². The lowest BCUT2D eigenvalue weighted by Gasteiger charge is -2.01. The topological polar surface area (TPSA) is 55.4 Å². The molecular weight excluding hydrogens is 254 g/mol. The molecule has 0 aliphatic rings. The first kappa shape index (κ1) is 14.3. The van der Waals surface area contributed by atoms with Crippen LogP contribution in [-0.4, -0.2) is 25.0 Å². The maximum atomic E-state index is 11.3. The summed E-state index contributed by atoms with van der Waals surface area (Å²) >= 11 is 5.79. The number of halogens is 1. The molecule has 96 valence electrons. The summed E-state index contributed by atoms with van der Waals surface area (Å²) in [6.07, 6.45) is 2.83. The number of carbonyl (C=O) groups is 2. The number of benzene rings is 1. The summed E-state index contributed by atoms with van der Waals surface area (Å²) in [5.41, 5.74) is 0.789. The number of likely N-dealkylation sites (N-methyl/N-ethyl adjacent to an activating group) is 1. The molecule has 5 heteroatoms. The fraction of sp³-hybridized carbons (Fsp3) is 0.231. The number of rotatable bonds is 5. The highest BCUT2D eigenvalue weighted by Crippen LogP contribution is 2.11. The number of nitrogens with one attached hydrogen (secondary N) is 1. The van der Waals surface area contributed by atoms with Crippen LogP contribution in [0.3, 0.4) is 0 Å². The summed E-state index contributed by atoms with van der Waals surface area (Å²) in [7, 11) is 0. The Hall–Kier alpha value is -1.81. The lowest BCUT2D eigenvalue weighted by atomic mass is 10.2. The molecule has 0 aliphatic heterocycles. The molecule has 0 aliphatic carbocycles. The van der Waals surface area contributed by atoms with E-state index in [1.807, 2.05) is 0 Å². The molecule has 1 N–H and O–H groups in total. The van der Waals surface area contributed by atoms with Crippen molar-refractivity contribution < 1.29 is 14.3 Å². The molecule has 0 bridgehead atoms. The first-order valence-electron chi connectivity index (χ1n) is 5.49. The summed E-state index contributed by atoms with van der Waals surface area (Å²) in [4.78, 5) is 22.3. The second kappa shape index (κ2) is 7.50. The summed E-state index contributed by atoms with van der Waals surface area (Å²) in [5.74, 6) is -0.886. The van der Waals surface area contributed by atoms with Crippen LogP contribution in [0.4, 0.5) is 0 Å². The molecule has 0 spiro atoms. The van der Waals surface area contributed by atoms with Gasteiger partial charge in [-0.2, -0.15) is 0 Å². The lowest BCUT2D eigenvalue weighted by molar-refractivity contribution is -0.143. The molecule has 1 aromatic carbocycles. The average molecular weight is 268 g/mol. The highest BCUT2D eigenvalue weighted by atomic mass is 35.5. The van der Waals surface area contributed by atoms with E-state index in [-0.39, 0.29) is 12.5 Å². The predicted octanol–water partition coefficient (Wildman–Crippen LogP) is 2.03. The Labute approximate surface area is 111 Å². The second-order valence-corrected chi connectivity index (χ2v) is 3.89. The monoisotopic (exact) mass is 267 g/mol. The molecular formula is C13H14ClNO3. The molecule has 0 heterocycles. The molecule has 0 fully saturated rings. The van der Waals surface area contributed by atoms with Gasteiger partial charge in [-0.25, -0.2) is 4.79 Å². The zero-order valence-electron chi connectivity index (χ0n) is 9.98. The van der Waals surface area contributed by atoms with E-state index in [4.69, 9.17) is 16.3 Å². The zero-order valence-corrected chi connectivity index (χ0v) is 10.7. The first-order chi connectivity index (χ1) is 8.61. The van der Waals surface area contributed by atoms with Crippen LogP contribution in [0.15, 0.2) is 30.3 Å². The van der Waals surface area contributed by atoms with Crippen molar-refractivity contribution in [2.45, 2.75) is 6.92 Å². The second-order valence-electron chi connectivity index (χ2n) is 3.45. The summed E-state index contributed by atoms with van der Waals surface area (Å²) in [6, 6.07) is 7.04. The van der Waals surface area contributed by atoms with Gasteiger partial charge in [0, 0.05) is 17.6 Å². The van der Waals surface area contributed by atoms with Gasteiger partial charge < -0.3 is 10.1 Å². The summed E-state index contributed by atoms with van der Waals surface area (Å²) in [6.45, 7) is 2.03. The van der Waals surface area contributed by atoms with Gasteiger partial charge in [-0.05, 0) is 30.7 Å². The highest BCUT2D eigenvalue weighted by molar-refractivity contribution is 6.30. The molecule has 0 aromatic heterocycles. The minimum absolute atomic E-state index is 0.271. The smallest absolute Gasteiger partial charge is 0.331 e. The molecule has 4 nitrogen and oxygen atoms in total. The van der Waals surface area contributed by atoms with E-state index in [1.165, 1.54) is 6.08 Å². The average Bonchev–Trinajstić information content (AvgIpc) is 2.34. The van der Waals surface area contributed by atoms with Crippen LogP contribution in [0, 0.1) is 0 Å². The van der Waals surface area contributed by atoms with Gasteiger partial charge in [-0.15, -0.1) is 0 Å². The fourth-order valence-electron chi connectivity index (χ4n) is 1.21. The van der Waals surface area contributed by atoms with Gasteiger partial charge in [0.1, 0.15) is 0 Å². The molecule has 18 heavy (non-hydrogen) atoms. The van der Waals surface area contributed by atoms with Gasteiger partial charge in [0.2, 0.25) is 0 Å². The van der Waals surface area contributed by atoms with Crippen molar-refractivity contribution in [2.24, 2.45) is 0 Å². The van der Waals surface area contributed by atoms with Crippen LogP contribution in [0.2, 0.25) is 5.02 Å². The van der Waals surface area contributed by atoms with Crippen LogP contribution >= 0.6 is 11.6 Å². The van der Waals surface area contributed by atoms with Crippen molar-refractivity contribution in [3.8, 4) is 0 Å². The van der Waals surface area contributed by atoms with E-state index >= 15 is 0 Å². The minimum atomic E-state index is -0.568. The maximum absolute atomic E-state index is 11.3. The molecule has 0 unspecified atom stereocenters. The van der Waals surface area contributed by atoms with Crippen molar-refractivity contribution in [3.63, 3.8) is 0 Å². The van der Waals surface area contributed by atoms with Crippen molar-refractivity contribution in [1.82, 2.24) is 5.32 Å². The van der Waals surface area contributed by atoms with Gasteiger partial charge in [0.05, 0.1) is 0 Å². The third kappa shape index (κ3) is 5.50. The fourth-order valence-corrected chi connectivity index (χ4v) is 1.41. The van der Waals surface area contributed by atoms with Crippen LogP contribution in [0.1, 0.15) is 12.5 Å². The minimum Gasteiger partial charge on any atom is -0.452 e. The quantitative estimate of drug-likeness (QED) is 0.656. The number of ether oxygens (including phenoxy) is 1. The Bertz CT molecular complexity index is 457. The molecule has 1 rings (SSSR count). The third-order valence-electron chi connectivity index (χ3n) is 1.98. The van der Waals surface area contributed by atoms with Crippen LogP contribution in [0.5, 0.6) is 0 Å². The maximum Gasteiger partial charge on any atom is 0.331 e. The van der Waals surface area contributed by atoms with E-state index < -0.39 is 5.97 Å². The molecule has 0 saturated heterocycles. The molecule has 0 atom stereocenters.